The van der Waals surface area contributed by atoms with E-state index in [-0.39, 0.29) is 11.9 Å². The second-order valence-corrected chi connectivity index (χ2v) is 6.22. The lowest BCUT2D eigenvalue weighted by Crippen LogP contribution is -2.44. The molecule has 0 spiro atoms. The molecule has 0 saturated heterocycles. The number of para-hydroxylation sites is 1. The van der Waals surface area contributed by atoms with Gasteiger partial charge in [0.05, 0.1) is 0 Å². The molecule has 0 radical (unpaired) electrons. The van der Waals surface area contributed by atoms with Crippen LogP contribution in [-0.4, -0.2) is 18.1 Å². The summed E-state index contributed by atoms with van der Waals surface area (Å²) < 4.78 is 5.99. The normalized spacial score (nSPS) is 17.7. The van der Waals surface area contributed by atoms with Crippen LogP contribution < -0.4 is 9.64 Å². The van der Waals surface area contributed by atoms with E-state index in [9.17, 15) is 4.79 Å². The summed E-state index contributed by atoms with van der Waals surface area (Å²) in [6, 6.07) is 16.2. The summed E-state index contributed by atoms with van der Waals surface area (Å²) in [7, 11) is 0. The Balaban J connectivity index is 1.83. The molecule has 120 valence electrons. The lowest BCUT2D eigenvalue weighted by molar-refractivity contribution is -0.125. The van der Waals surface area contributed by atoms with Gasteiger partial charge < -0.3 is 9.64 Å². The van der Waals surface area contributed by atoms with Crippen molar-refractivity contribution in [3.05, 3.63) is 59.7 Å². The van der Waals surface area contributed by atoms with E-state index in [1.54, 1.807) is 0 Å². The van der Waals surface area contributed by atoms with E-state index < -0.39 is 6.10 Å². The Bertz CT molecular complexity index is 710. The first kappa shape index (κ1) is 15.6. The molecule has 1 aliphatic rings. The minimum absolute atomic E-state index is 0.0476. The first-order valence-corrected chi connectivity index (χ1v) is 8.24. The number of hydrogen-bond acceptors (Lipinski definition) is 2. The number of carbonyl (C=O) groups excluding carboxylic acids is 1. The molecule has 0 aromatic heterocycles. The lowest BCUT2D eigenvalue weighted by atomic mass is 10.1. The number of nitrogens with zero attached hydrogens (tertiary/aromatic N) is 1. The molecule has 2 aromatic carbocycles. The second kappa shape index (κ2) is 6.45. The number of amides is 1. The van der Waals surface area contributed by atoms with Crippen molar-refractivity contribution in [2.24, 2.45) is 0 Å². The van der Waals surface area contributed by atoms with Gasteiger partial charge in [0.15, 0.2) is 6.10 Å². The SMILES string of the molecule is CC[C@H](Oc1cccc(C)c1)C(=O)N1c2ccccc2C[C@H]1C. The molecule has 0 N–H and O–H groups in total. The molecule has 1 heterocycles. The molecular weight excluding hydrogens is 286 g/mol. The molecule has 2 atom stereocenters. The largest absolute Gasteiger partial charge is 0.481 e. The smallest absolute Gasteiger partial charge is 0.268 e. The van der Waals surface area contributed by atoms with Gasteiger partial charge in [-0.25, -0.2) is 0 Å². The Morgan fingerprint density at radius 3 is 2.78 bits per heavy atom. The monoisotopic (exact) mass is 309 g/mol. The molecule has 3 heteroatoms. The highest BCUT2D eigenvalue weighted by Crippen LogP contribution is 2.33. The highest BCUT2D eigenvalue weighted by Gasteiger charge is 2.34. The summed E-state index contributed by atoms with van der Waals surface area (Å²) in [5.74, 6) is 0.803. The topological polar surface area (TPSA) is 29.5 Å². The van der Waals surface area contributed by atoms with Gasteiger partial charge in [-0.1, -0.05) is 37.3 Å². The number of rotatable bonds is 4. The zero-order chi connectivity index (χ0) is 16.4. The summed E-state index contributed by atoms with van der Waals surface area (Å²) in [6.07, 6.45) is 1.10. The van der Waals surface area contributed by atoms with Crippen molar-refractivity contribution in [3.8, 4) is 5.75 Å². The van der Waals surface area contributed by atoms with E-state index in [4.69, 9.17) is 4.74 Å². The van der Waals surface area contributed by atoms with E-state index in [0.29, 0.717) is 6.42 Å². The summed E-state index contributed by atoms with van der Waals surface area (Å²) in [4.78, 5) is 14.9. The number of fused-ring (bicyclic) bond motifs is 1. The maximum absolute atomic E-state index is 13.0. The molecule has 1 amide bonds. The Morgan fingerprint density at radius 2 is 2.04 bits per heavy atom. The van der Waals surface area contributed by atoms with Gasteiger partial charge >= 0.3 is 0 Å². The van der Waals surface area contributed by atoms with Crippen molar-refractivity contribution in [1.82, 2.24) is 0 Å². The molecule has 23 heavy (non-hydrogen) atoms. The zero-order valence-electron chi connectivity index (χ0n) is 14.0. The minimum atomic E-state index is -0.453. The van der Waals surface area contributed by atoms with Crippen molar-refractivity contribution >= 4 is 11.6 Å². The third kappa shape index (κ3) is 3.09. The average molecular weight is 309 g/mol. The number of ether oxygens (including phenoxy) is 1. The predicted octanol–water partition coefficient (Wildman–Crippen LogP) is 4.13. The van der Waals surface area contributed by atoms with Crippen LogP contribution in [0, 0.1) is 6.92 Å². The van der Waals surface area contributed by atoms with E-state index >= 15 is 0 Å². The molecule has 0 unspecified atom stereocenters. The van der Waals surface area contributed by atoms with Crippen LogP contribution in [0.5, 0.6) is 5.75 Å². The van der Waals surface area contributed by atoms with Crippen LogP contribution in [0.4, 0.5) is 5.69 Å². The molecule has 2 aromatic rings. The number of carbonyl (C=O) groups is 1. The Labute approximate surface area is 137 Å². The average Bonchev–Trinajstić information content (AvgIpc) is 2.87. The fourth-order valence-corrected chi connectivity index (χ4v) is 3.22. The van der Waals surface area contributed by atoms with Gasteiger partial charge in [-0.15, -0.1) is 0 Å². The third-order valence-corrected chi connectivity index (χ3v) is 4.36. The molecule has 0 saturated carbocycles. The Morgan fingerprint density at radius 1 is 1.26 bits per heavy atom. The molecule has 3 rings (SSSR count). The quantitative estimate of drug-likeness (QED) is 0.850. The lowest BCUT2D eigenvalue weighted by Gasteiger charge is -2.27. The van der Waals surface area contributed by atoms with Crippen LogP contribution in [0.15, 0.2) is 48.5 Å². The zero-order valence-corrected chi connectivity index (χ0v) is 14.0. The van der Waals surface area contributed by atoms with Crippen LogP contribution in [0.3, 0.4) is 0 Å². The first-order chi connectivity index (χ1) is 11.1. The van der Waals surface area contributed by atoms with Gasteiger partial charge in [0, 0.05) is 11.7 Å². The van der Waals surface area contributed by atoms with Gasteiger partial charge in [-0.2, -0.15) is 0 Å². The molecule has 0 aliphatic carbocycles. The van der Waals surface area contributed by atoms with E-state index in [2.05, 4.69) is 13.0 Å². The molecular formula is C20H23NO2. The fourth-order valence-electron chi connectivity index (χ4n) is 3.22. The van der Waals surface area contributed by atoms with Gasteiger partial charge in [0.25, 0.3) is 5.91 Å². The molecule has 0 bridgehead atoms. The summed E-state index contributed by atoms with van der Waals surface area (Å²) in [6.45, 7) is 6.11. The van der Waals surface area contributed by atoms with Crippen molar-refractivity contribution in [2.45, 2.75) is 45.8 Å². The van der Waals surface area contributed by atoms with Crippen molar-refractivity contribution in [1.29, 1.82) is 0 Å². The summed E-state index contributed by atoms with van der Waals surface area (Å²) >= 11 is 0. The first-order valence-electron chi connectivity index (χ1n) is 8.24. The van der Waals surface area contributed by atoms with Crippen LogP contribution >= 0.6 is 0 Å². The van der Waals surface area contributed by atoms with E-state index in [0.717, 1.165) is 23.4 Å². The van der Waals surface area contributed by atoms with Crippen LogP contribution in [0.2, 0.25) is 0 Å². The number of hydrogen-bond donors (Lipinski definition) is 0. The predicted molar refractivity (Wildman–Crippen MR) is 93.0 cm³/mol. The van der Waals surface area contributed by atoms with E-state index in [1.807, 2.05) is 61.2 Å². The van der Waals surface area contributed by atoms with Gasteiger partial charge in [0.1, 0.15) is 5.75 Å². The maximum Gasteiger partial charge on any atom is 0.268 e. The van der Waals surface area contributed by atoms with Gasteiger partial charge in [0.2, 0.25) is 0 Å². The Hall–Kier alpha value is -2.29. The maximum atomic E-state index is 13.0. The number of anilines is 1. The summed E-state index contributed by atoms with van der Waals surface area (Å²) in [5, 5.41) is 0. The number of benzene rings is 2. The minimum Gasteiger partial charge on any atom is -0.481 e. The standard InChI is InChI=1S/C20H23NO2/c1-4-19(23-17-10-7-8-14(2)12-17)20(22)21-15(3)13-16-9-5-6-11-18(16)21/h5-12,15,19H,4,13H2,1-3H3/t15-,19+/m1/s1. The van der Waals surface area contributed by atoms with Crippen molar-refractivity contribution < 1.29 is 9.53 Å². The highest BCUT2D eigenvalue weighted by atomic mass is 16.5. The van der Waals surface area contributed by atoms with Crippen LogP contribution in [-0.2, 0) is 11.2 Å². The number of aryl methyl sites for hydroxylation is 1. The van der Waals surface area contributed by atoms with Crippen molar-refractivity contribution in [2.75, 3.05) is 4.90 Å². The molecule has 0 fully saturated rings. The van der Waals surface area contributed by atoms with Crippen LogP contribution in [0.1, 0.15) is 31.4 Å². The molecule has 3 nitrogen and oxygen atoms in total. The Kier molecular flexibility index (Phi) is 4.37. The van der Waals surface area contributed by atoms with Gasteiger partial charge in [-0.3, -0.25) is 4.79 Å². The highest BCUT2D eigenvalue weighted by molar-refractivity contribution is 5.99. The third-order valence-electron chi connectivity index (χ3n) is 4.36. The summed E-state index contributed by atoms with van der Waals surface area (Å²) in [5.41, 5.74) is 3.39. The van der Waals surface area contributed by atoms with E-state index in [1.165, 1.54) is 5.56 Å². The fraction of sp³-hybridized carbons (Fsp3) is 0.350. The van der Waals surface area contributed by atoms with Crippen LogP contribution in [0.25, 0.3) is 0 Å². The van der Waals surface area contributed by atoms with Gasteiger partial charge in [-0.05, 0) is 56.0 Å². The van der Waals surface area contributed by atoms with Crippen molar-refractivity contribution in [3.63, 3.8) is 0 Å². The second-order valence-electron chi connectivity index (χ2n) is 6.22. The molecule has 1 aliphatic heterocycles.